The number of rotatable bonds is 3. The molecular formula is C19H15FN2O3S. The monoisotopic (exact) mass is 370 g/mol. The summed E-state index contributed by atoms with van der Waals surface area (Å²) >= 11 is 1.01. The highest BCUT2D eigenvalue weighted by Gasteiger charge is 2.43. The van der Waals surface area contributed by atoms with Gasteiger partial charge in [0, 0.05) is 18.7 Å². The van der Waals surface area contributed by atoms with Crippen LogP contribution in [0, 0.1) is 5.82 Å². The van der Waals surface area contributed by atoms with Crippen LogP contribution >= 0.6 is 11.8 Å². The number of amides is 3. The Bertz CT molecular complexity index is 861. The summed E-state index contributed by atoms with van der Waals surface area (Å²) in [5.41, 5.74) is 2.31. The number of hydrogen-bond acceptors (Lipinski definition) is 4. The molecule has 0 aliphatic carbocycles. The van der Waals surface area contributed by atoms with Crippen LogP contribution in [0.3, 0.4) is 0 Å². The van der Waals surface area contributed by atoms with Crippen molar-refractivity contribution >= 4 is 28.8 Å². The van der Waals surface area contributed by atoms with Crippen LogP contribution < -0.4 is 0 Å². The Morgan fingerprint density at radius 3 is 2.08 bits per heavy atom. The highest BCUT2D eigenvalue weighted by Crippen LogP contribution is 2.27. The highest BCUT2D eigenvalue weighted by molar-refractivity contribution is 8.14. The molecule has 5 nitrogen and oxygen atoms in total. The zero-order valence-electron chi connectivity index (χ0n) is 13.7. The van der Waals surface area contributed by atoms with E-state index in [1.807, 2.05) is 12.1 Å². The smallest absolute Gasteiger partial charge is 0.289 e. The van der Waals surface area contributed by atoms with E-state index in [9.17, 15) is 18.8 Å². The van der Waals surface area contributed by atoms with Crippen molar-refractivity contribution in [3.63, 3.8) is 0 Å². The highest BCUT2D eigenvalue weighted by atomic mass is 32.2. The van der Waals surface area contributed by atoms with Crippen molar-refractivity contribution in [2.75, 3.05) is 18.8 Å². The Balaban J connectivity index is 1.41. The number of halogens is 1. The number of likely N-dealkylation sites (tertiary alicyclic amines) is 1. The quantitative estimate of drug-likeness (QED) is 0.833. The predicted octanol–water partition coefficient (Wildman–Crippen LogP) is 3.01. The van der Waals surface area contributed by atoms with E-state index in [1.165, 1.54) is 17.0 Å². The predicted molar refractivity (Wildman–Crippen MR) is 96.2 cm³/mol. The summed E-state index contributed by atoms with van der Waals surface area (Å²) in [6, 6.07) is 13.1. The summed E-state index contributed by atoms with van der Waals surface area (Å²) < 4.78 is 13.0. The Morgan fingerprint density at radius 1 is 0.962 bits per heavy atom. The summed E-state index contributed by atoms with van der Waals surface area (Å²) in [5, 5.41) is -0.226. The molecule has 2 aromatic carbocycles. The third-order valence-electron chi connectivity index (χ3n) is 4.61. The first kappa shape index (κ1) is 16.8. The first-order valence-corrected chi connectivity index (χ1v) is 9.15. The van der Waals surface area contributed by atoms with Crippen LogP contribution in [0.1, 0.15) is 10.4 Å². The standard InChI is InChI=1S/C19H15FN2O3S/c20-15-7-5-13(6-8-15)12-1-3-14(4-2-12)18(24)21-9-16(10-21)22-17(23)11-26-19(22)25/h1-8,16H,9-11H2. The molecule has 4 rings (SSSR count). The molecule has 2 saturated heterocycles. The van der Waals surface area contributed by atoms with E-state index >= 15 is 0 Å². The average Bonchev–Trinajstić information content (AvgIpc) is 2.94. The molecule has 2 heterocycles. The van der Waals surface area contributed by atoms with Crippen LogP contribution in [0.2, 0.25) is 0 Å². The molecule has 0 atom stereocenters. The fourth-order valence-corrected chi connectivity index (χ4v) is 3.91. The molecule has 0 N–H and O–H groups in total. The number of imide groups is 1. The van der Waals surface area contributed by atoms with E-state index in [2.05, 4.69) is 0 Å². The maximum Gasteiger partial charge on any atom is 0.289 e. The number of benzene rings is 2. The minimum atomic E-state index is -0.291. The Morgan fingerprint density at radius 2 is 1.54 bits per heavy atom. The van der Waals surface area contributed by atoms with Crippen molar-refractivity contribution in [1.82, 2.24) is 9.80 Å². The molecule has 0 unspecified atom stereocenters. The van der Waals surface area contributed by atoms with Gasteiger partial charge in [-0.15, -0.1) is 0 Å². The molecule has 2 aliphatic rings. The second kappa shape index (κ2) is 6.57. The van der Waals surface area contributed by atoms with Crippen LogP contribution in [0.15, 0.2) is 48.5 Å². The lowest BCUT2D eigenvalue weighted by Gasteiger charge is -2.42. The average molecular weight is 370 g/mol. The van der Waals surface area contributed by atoms with E-state index in [1.54, 1.807) is 29.2 Å². The van der Waals surface area contributed by atoms with Crippen molar-refractivity contribution in [2.45, 2.75) is 6.04 Å². The van der Waals surface area contributed by atoms with Crippen LogP contribution in [0.4, 0.5) is 9.18 Å². The lowest BCUT2D eigenvalue weighted by Crippen LogP contribution is -2.62. The van der Waals surface area contributed by atoms with Crippen LogP contribution in [-0.2, 0) is 4.79 Å². The van der Waals surface area contributed by atoms with Gasteiger partial charge < -0.3 is 4.90 Å². The first-order chi connectivity index (χ1) is 12.5. The second-order valence-electron chi connectivity index (χ2n) is 6.27. The van der Waals surface area contributed by atoms with Crippen molar-refractivity contribution in [3.05, 3.63) is 59.9 Å². The summed E-state index contributed by atoms with van der Waals surface area (Å²) in [4.78, 5) is 38.8. The third-order valence-corrected chi connectivity index (χ3v) is 5.44. The van der Waals surface area contributed by atoms with E-state index in [-0.39, 0.29) is 34.7 Å². The minimum Gasteiger partial charge on any atom is -0.334 e. The van der Waals surface area contributed by atoms with Crippen molar-refractivity contribution in [3.8, 4) is 11.1 Å². The normalized spacial score (nSPS) is 17.6. The van der Waals surface area contributed by atoms with Gasteiger partial charge in [0.15, 0.2) is 0 Å². The first-order valence-electron chi connectivity index (χ1n) is 8.17. The van der Waals surface area contributed by atoms with Gasteiger partial charge in [-0.05, 0) is 35.4 Å². The van der Waals surface area contributed by atoms with Gasteiger partial charge in [0.1, 0.15) is 5.82 Å². The van der Waals surface area contributed by atoms with E-state index in [4.69, 9.17) is 0 Å². The Labute approximate surface area is 153 Å². The minimum absolute atomic E-state index is 0.126. The summed E-state index contributed by atoms with van der Waals surface area (Å²) in [7, 11) is 0. The van der Waals surface area contributed by atoms with Crippen molar-refractivity contribution in [1.29, 1.82) is 0 Å². The van der Waals surface area contributed by atoms with Crippen LogP contribution in [0.5, 0.6) is 0 Å². The second-order valence-corrected chi connectivity index (χ2v) is 7.19. The molecule has 0 aromatic heterocycles. The lowest BCUT2D eigenvalue weighted by molar-refractivity contribution is -0.128. The molecule has 132 valence electrons. The molecule has 0 spiro atoms. The van der Waals surface area contributed by atoms with Crippen LogP contribution in [-0.4, -0.2) is 51.7 Å². The molecule has 0 radical (unpaired) electrons. The van der Waals surface area contributed by atoms with Gasteiger partial charge >= 0.3 is 0 Å². The van der Waals surface area contributed by atoms with Gasteiger partial charge in [-0.25, -0.2) is 4.39 Å². The third kappa shape index (κ3) is 2.99. The maximum atomic E-state index is 13.0. The number of thioether (sulfide) groups is 1. The van der Waals surface area contributed by atoms with E-state index in [0.717, 1.165) is 22.9 Å². The molecule has 7 heteroatoms. The van der Waals surface area contributed by atoms with Gasteiger partial charge in [0.25, 0.3) is 11.1 Å². The van der Waals surface area contributed by atoms with Gasteiger partial charge in [0.05, 0.1) is 11.8 Å². The van der Waals surface area contributed by atoms with Crippen LogP contribution in [0.25, 0.3) is 11.1 Å². The molecule has 2 aromatic rings. The van der Waals surface area contributed by atoms with Gasteiger partial charge in [-0.1, -0.05) is 36.0 Å². The van der Waals surface area contributed by atoms with Gasteiger partial charge in [0.2, 0.25) is 5.91 Å². The molecule has 2 aliphatic heterocycles. The molecular weight excluding hydrogens is 355 g/mol. The van der Waals surface area contributed by atoms with E-state index < -0.39 is 0 Å². The Hall–Kier alpha value is -2.67. The Kier molecular flexibility index (Phi) is 4.24. The SMILES string of the molecule is O=C(c1ccc(-c2ccc(F)cc2)cc1)N1CC(N2C(=O)CSC2=O)C1. The summed E-state index contributed by atoms with van der Waals surface area (Å²) in [6.45, 7) is 0.743. The van der Waals surface area contributed by atoms with Gasteiger partial charge in [-0.2, -0.15) is 0 Å². The van der Waals surface area contributed by atoms with Crippen molar-refractivity contribution < 1.29 is 18.8 Å². The molecule has 0 bridgehead atoms. The molecule has 3 amide bonds. The number of hydrogen-bond donors (Lipinski definition) is 0. The number of carbonyl (C=O) groups is 3. The fourth-order valence-electron chi connectivity index (χ4n) is 3.13. The molecule has 0 saturated carbocycles. The zero-order chi connectivity index (χ0) is 18.3. The topological polar surface area (TPSA) is 57.7 Å². The summed E-state index contributed by atoms with van der Waals surface area (Å²) in [6.07, 6.45) is 0. The maximum absolute atomic E-state index is 13.0. The molecule has 26 heavy (non-hydrogen) atoms. The van der Waals surface area contributed by atoms with Gasteiger partial charge in [-0.3, -0.25) is 19.3 Å². The number of carbonyl (C=O) groups excluding carboxylic acids is 3. The molecule has 2 fully saturated rings. The van der Waals surface area contributed by atoms with Crippen molar-refractivity contribution in [2.24, 2.45) is 0 Å². The summed E-state index contributed by atoms with van der Waals surface area (Å²) in [5.74, 6) is -0.408. The zero-order valence-corrected chi connectivity index (χ0v) is 14.5. The fraction of sp³-hybridized carbons (Fsp3) is 0.211. The largest absolute Gasteiger partial charge is 0.334 e. The number of nitrogens with zero attached hydrogens (tertiary/aromatic N) is 2. The van der Waals surface area contributed by atoms with E-state index in [0.29, 0.717) is 18.7 Å². The lowest BCUT2D eigenvalue weighted by atomic mass is 10.0.